The zero-order valence-electron chi connectivity index (χ0n) is 17.3. The van der Waals surface area contributed by atoms with Crippen LogP contribution in [0.2, 0.25) is 0 Å². The highest BCUT2D eigenvalue weighted by atomic mass is 16.6. The molecule has 5 aromatic rings. The van der Waals surface area contributed by atoms with E-state index in [0.717, 1.165) is 39.6 Å². The molecule has 0 fully saturated rings. The number of ether oxygens (including phenoxy) is 2. The molecule has 0 bridgehead atoms. The average Bonchev–Trinajstić information content (AvgIpc) is 3.54. The van der Waals surface area contributed by atoms with E-state index in [9.17, 15) is 4.79 Å². The lowest BCUT2D eigenvalue weighted by atomic mass is 10.1. The fourth-order valence-corrected chi connectivity index (χ4v) is 3.80. The molecule has 0 saturated heterocycles. The second kappa shape index (κ2) is 7.79. The number of nitrogens with one attached hydrogen (secondary N) is 3. The Kier molecular flexibility index (Phi) is 4.50. The lowest BCUT2D eigenvalue weighted by molar-refractivity contribution is 0.112. The van der Waals surface area contributed by atoms with E-state index < -0.39 is 0 Å². The average molecular weight is 438 g/mol. The summed E-state index contributed by atoms with van der Waals surface area (Å²) in [5.41, 5.74) is 5.05. The summed E-state index contributed by atoms with van der Waals surface area (Å²) in [6.45, 7) is 0.841. The molecule has 9 heteroatoms. The molecule has 0 unspecified atom stereocenters. The Labute approximate surface area is 187 Å². The van der Waals surface area contributed by atoms with Crippen LogP contribution in [-0.4, -0.2) is 44.6 Å². The van der Waals surface area contributed by atoms with Gasteiger partial charge < -0.3 is 19.8 Å². The van der Waals surface area contributed by atoms with Crippen LogP contribution >= 0.6 is 0 Å². The first-order chi connectivity index (χ1) is 16.3. The number of rotatable bonds is 5. The van der Waals surface area contributed by atoms with Gasteiger partial charge in [0.15, 0.2) is 17.9 Å². The van der Waals surface area contributed by atoms with Gasteiger partial charge in [-0.05, 0) is 29.8 Å². The zero-order chi connectivity index (χ0) is 22.2. The Bertz CT molecular complexity index is 1460. The number of aromatic nitrogens is 5. The highest BCUT2D eigenvalue weighted by molar-refractivity contribution is 5.90. The van der Waals surface area contributed by atoms with Crippen LogP contribution in [0.15, 0.2) is 60.9 Å². The number of H-pyrrole nitrogens is 2. The third-order valence-electron chi connectivity index (χ3n) is 5.41. The van der Waals surface area contributed by atoms with E-state index in [1.54, 1.807) is 12.3 Å². The molecule has 162 valence electrons. The molecule has 3 aromatic heterocycles. The second-order valence-electron chi connectivity index (χ2n) is 7.56. The summed E-state index contributed by atoms with van der Waals surface area (Å²) < 4.78 is 11.6. The number of anilines is 2. The molecular formula is C24H18N6O3. The lowest BCUT2D eigenvalue weighted by Crippen LogP contribution is -2.18. The van der Waals surface area contributed by atoms with Crippen LogP contribution in [0.1, 0.15) is 10.5 Å². The molecular weight excluding hydrogens is 420 g/mol. The van der Waals surface area contributed by atoms with Gasteiger partial charge in [0.25, 0.3) is 5.88 Å². The van der Waals surface area contributed by atoms with Gasteiger partial charge in [-0.1, -0.05) is 24.3 Å². The SMILES string of the molecule is O=Cc1cc2ccc(-c3nc(Nc4ccc(-c5cn[nH]c5)cc4)c4c(n3)OCCO4)cc2[nH]1. The van der Waals surface area contributed by atoms with Crippen LogP contribution in [0.3, 0.4) is 0 Å². The summed E-state index contributed by atoms with van der Waals surface area (Å²) in [7, 11) is 0. The standard InChI is InChI=1S/C24H18N6O3/c31-13-19-9-15-1-2-16(10-20(15)27-19)22-29-23(21-24(30-22)33-8-7-32-21)28-18-5-3-14(4-6-18)17-11-25-26-12-17/h1-6,9-13,27H,7-8H2,(H,25,26)(H,28,29,30). The zero-order valence-corrected chi connectivity index (χ0v) is 17.3. The summed E-state index contributed by atoms with van der Waals surface area (Å²) in [6, 6.07) is 15.5. The molecule has 1 aliphatic rings. The Balaban J connectivity index is 1.38. The van der Waals surface area contributed by atoms with Gasteiger partial charge >= 0.3 is 0 Å². The van der Waals surface area contributed by atoms with Gasteiger partial charge in [-0.15, -0.1) is 0 Å². The summed E-state index contributed by atoms with van der Waals surface area (Å²) >= 11 is 0. The Morgan fingerprint density at radius 3 is 2.61 bits per heavy atom. The van der Waals surface area contributed by atoms with Crippen molar-refractivity contribution in [3.63, 3.8) is 0 Å². The van der Waals surface area contributed by atoms with Crippen LogP contribution in [0.4, 0.5) is 11.5 Å². The minimum Gasteiger partial charge on any atom is -0.482 e. The number of benzene rings is 2. The molecule has 0 saturated carbocycles. The lowest BCUT2D eigenvalue weighted by Gasteiger charge is -2.21. The molecule has 33 heavy (non-hydrogen) atoms. The molecule has 0 aliphatic carbocycles. The first-order valence-electron chi connectivity index (χ1n) is 10.4. The highest BCUT2D eigenvalue weighted by Crippen LogP contribution is 2.38. The minimum atomic E-state index is 0.393. The Hall–Kier alpha value is -4.66. The number of nitrogens with zero attached hydrogens (tertiary/aromatic N) is 3. The van der Waals surface area contributed by atoms with Crippen LogP contribution < -0.4 is 14.8 Å². The van der Waals surface area contributed by atoms with Gasteiger partial charge in [0, 0.05) is 33.9 Å². The van der Waals surface area contributed by atoms with Crippen molar-refractivity contribution in [2.45, 2.75) is 0 Å². The van der Waals surface area contributed by atoms with Crippen molar-refractivity contribution in [3.05, 3.63) is 66.6 Å². The second-order valence-corrected chi connectivity index (χ2v) is 7.56. The van der Waals surface area contributed by atoms with Gasteiger partial charge in [0.05, 0.1) is 11.9 Å². The van der Waals surface area contributed by atoms with E-state index in [4.69, 9.17) is 14.5 Å². The molecule has 0 amide bonds. The molecule has 6 rings (SSSR count). The summed E-state index contributed by atoms with van der Waals surface area (Å²) in [5.74, 6) is 1.88. The van der Waals surface area contributed by atoms with E-state index in [0.29, 0.717) is 42.2 Å². The summed E-state index contributed by atoms with van der Waals surface area (Å²) in [5, 5.41) is 11.1. The Morgan fingerprint density at radius 2 is 1.79 bits per heavy atom. The third kappa shape index (κ3) is 3.55. The van der Waals surface area contributed by atoms with Crippen LogP contribution in [0, 0.1) is 0 Å². The molecule has 0 atom stereocenters. The number of aldehydes is 1. The van der Waals surface area contributed by atoms with Crippen LogP contribution in [0.5, 0.6) is 11.6 Å². The van der Waals surface area contributed by atoms with Gasteiger partial charge in [-0.25, -0.2) is 4.98 Å². The molecule has 0 spiro atoms. The highest BCUT2D eigenvalue weighted by Gasteiger charge is 2.22. The topological polar surface area (TPSA) is 118 Å². The number of hydrogen-bond acceptors (Lipinski definition) is 7. The number of aromatic amines is 2. The first kappa shape index (κ1) is 19.1. The van der Waals surface area contributed by atoms with E-state index in [1.807, 2.05) is 48.7 Å². The van der Waals surface area contributed by atoms with Gasteiger partial charge in [0.2, 0.25) is 5.75 Å². The monoisotopic (exact) mass is 438 g/mol. The van der Waals surface area contributed by atoms with Crippen molar-refractivity contribution in [1.82, 2.24) is 25.1 Å². The Morgan fingerprint density at radius 1 is 0.939 bits per heavy atom. The fraction of sp³-hybridized carbons (Fsp3) is 0.0833. The van der Waals surface area contributed by atoms with E-state index in [-0.39, 0.29) is 0 Å². The minimum absolute atomic E-state index is 0.393. The van der Waals surface area contributed by atoms with Crippen molar-refractivity contribution in [2.75, 3.05) is 18.5 Å². The predicted molar refractivity (Wildman–Crippen MR) is 123 cm³/mol. The maximum atomic E-state index is 11.1. The molecule has 9 nitrogen and oxygen atoms in total. The number of carbonyl (C=O) groups is 1. The van der Waals surface area contributed by atoms with Crippen LogP contribution in [0.25, 0.3) is 33.4 Å². The van der Waals surface area contributed by atoms with Gasteiger partial charge in [-0.2, -0.15) is 10.1 Å². The molecule has 1 aliphatic heterocycles. The summed E-state index contributed by atoms with van der Waals surface area (Å²) in [4.78, 5) is 23.5. The van der Waals surface area contributed by atoms with Crippen molar-refractivity contribution in [3.8, 4) is 34.1 Å². The maximum absolute atomic E-state index is 11.1. The third-order valence-corrected chi connectivity index (χ3v) is 5.41. The van der Waals surface area contributed by atoms with Gasteiger partial charge in [0.1, 0.15) is 13.2 Å². The maximum Gasteiger partial charge on any atom is 0.263 e. The molecule has 4 heterocycles. The van der Waals surface area contributed by atoms with Crippen LogP contribution in [-0.2, 0) is 0 Å². The fourth-order valence-electron chi connectivity index (χ4n) is 3.80. The predicted octanol–water partition coefficient (Wildman–Crippen LogP) is 4.34. The largest absolute Gasteiger partial charge is 0.482 e. The van der Waals surface area contributed by atoms with E-state index in [2.05, 4.69) is 25.5 Å². The van der Waals surface area contributed by atoms with E-state index in [1.165, 1.54) is 0 Å². The molecule has 0 radical (unpaired) electrons. The smallest absolute Gasteiger partial charge is 0.263 e. The quantitative estimate of drug-likeness (QED) is 0.349. The summed E-state index contributed by atoms with van der Waals surface area (Å²) in [6.07, 6.45) is 4.42. The van der Waals surface area contributed by atoms with E-state index >= 15 is 0 Å². The molecule has 3 N–H and O–H groups in total. The number of hydrogen-bond donors (Lipinski definition) is 3. The normalized spacial score (nSPS) is 12.6. The van der Waals surface area contributed by atoms with Crippen molar-refractivity contribution in [1.29, 1.82) is 0 Å². The van der Waals surface area contributed by atoms with Gasteiger partial charge in [-0.3, -0.25) is 9.89 Å². The molecule has 2 aromatic carbocycles. The first-order valence-corrected chi connectivity index (χ1v) is 10.4. The van der Waals surface area contributed by atoms with Crippen molar-refractivity contribution in [2.24, 2.45) is 0 Å². The van der Waals surface area contributed by atoms with Crippen molar-refractivity contribution >= 4 is 28.7 Å². The van der Waals surface area contributed by atoms with Crippen molar-refractivity contribution < 1.29 is 14.3 Å². The number of fused-ring (bicyclic) bond motifs is 2. The number of carbonyl (C=O) groups excluding carboxylic acids is 1.